The smallest absolute Gasteiger partial charge is 0.342 e. The Labute approximate surface area is 219 Å². The lowest BCUT2D eigenvalue weighted by atomic mass is 10.0. The molecule has 192 valence electrons. The Morgan fingerprint density at radius 1 is 1.03 bits per heavy atom. The van der Waals surface area contributed by atoms with Crippen LogP contribution in [-0.4, -0.2) is 24.3 Å². The van der Waals surface area contributed by atoms with E-state index in [4.69, 9.17) is 30.2 Å². The van der Waals surface area contributed by atoms with Crippen LogP contribution in [0.4, 0.5) is 0 Å². The fourth-order valence-electron chi connectivity index (χ4n) is 3.65. The number of rotatable bonds is 10. The Hall–Kier alpha value is -2.97. The van der Waals surface area contributed by atoms with Crippen LogP contribution in [0.5, 0.6) is 17.2 Å². The first kappa shape index (κ1) is 27.6. The molecule has 0 saturated carbocycles. The maximum Gasteiger partial charge on any atom is 0.342 e. The molecular formula is C27H29ClO7S. The molecule has 2 aromatic carbocycles. The molecule has 0 spiro atoms. The molecule has 1 aromatic heterocycles. The first-order valence-corrected chi connectivity index (χ1v) is 13.0. The molecule has 0 aliphatic rings. The molecule has 0 fully saturated rings. The van der Waals surface area contributed by atoms with Gasteiger partial charge < -0.3 is 18.6 Å². The minimum atomic E-state index is -0.540. The van der Waals surface area contributed by atoms with Gasteiger partial charge in [-0.05, 0) is 56.5 Å². The normalized spacial score (nSPS) is 10.9. The van der Waals surface area contributed by atoms with Crippen molar-refractivity contribution < 1.29 is 28.2 Å². The highest BCUT2D eigenvalue weighted by Crippen LogP contribution is 2.36. The van der Waals surface area contributed by atoms with E-state index in [-0.39, 0.29) is 17.3 Å². The Kier molecular flexibility index (Phi) is 9.45. The zero-order valence-corrected chi connectivity index (χ0v) is 22.6. The third kappa shape index (κ3) is 6.62. The van der Waals surface area contributed by atoms with Gasteiger partial charge in [0.25, 0.3) is 0 Å². The van der Waals surface area contributed by atoms with Crippen molar-refractivity contribution in [2.75, 3.05) is 12.4 Å². The number of thioether (sulfide) groups is 1. The van der Waals surface area contributed by atoms with Gasteiger partial charge in [0.05, 0.1) is 22.6 Å². The summed E-state index contributed by atoms with van der Waals surface area (Å²) in [6.45, 7) is 8.53. The van der Waals surface area contributed by atoms with E-state index in [0.717, 1.165) is 41.0 Å². The molecule has 9 heteroatoms. The Morgan fingerprint density at radius 2 is 1.75 bits per heavy atom. The van der Waals surface area contributed by atoms with E-state index >= 15 is 0 Å². The number of fused-ring (bicyclic) bond motifs is 1. The van der Waals surface area contributed by atoms with Crippen LogP contribution in [0.1, 0.15) is 50.3 Å². The number of aryl methyl sites for hydroxylation is 1. The van der Waals surface area contributed by atoms with Crippen LogP contribution in [0.2, 0.25) is 5.02 Å². The number of carbonyl (C=O) groups excluding carboxylic acids is 2. The fraction of sp³-hybridized carbons (Fsp3) is 0.370. The second-order valence-electron chi connectivity index (χ2n) is 8.29. The van der Waals surface area contributed by atoms with Gasteiger partial charge in [0.1, 0.15) is 17.1 Å². The molecule has 0 amide bonds. The van der Waals surface area contributed by atoms with Crippen molar-refractivity contribution in [1.29, 1.82) is 0 Å². The number of hydrogen-bond acceptors (Lipinski definition) is 8. The fourth-order valence-corrected chi connectivity index (χ4v) is 4.90. The summed E-state index contributed by atoms with van der Waals surface area (Å²) in [5, 5.41) is 1.08. The van der Waals surface area contributed by atoms with Gasteiger partial charge in [-0.25, -0.2) is 4.79 Å². The quantitative estimate of drug-likeness (QED) is 0.0969. The van der Waals surface area contributed by atoms with Crippen molar-refractivity contribution in [3.05, 3.63) is 56.4 Å². The molecule has 36 heavy (non-hydrogen) atoms. The molecule has 0 atom stereocenters. The summed E-state index contributed by atoms with van der Waals surface area (Å²) in [6.07, 6.45) is 2.37. The van der Waals surface area contributed by atoms with Crippen LogP contribution < -0.4 is 19.8 Å². The van der Waals surface area contributed by atoms with Crippen molar-refractivity contribution in [3.63, 3.8) is 0 Å². The second kappa shape index (κ2) is 12.3. The van der Waals surface area contributed by atoms with E-state index < -0.39 is 11.6 Å². The van der Waals surface area contributed by atoms with Crippen LogP contribution in [0.15, 0.2) is 38.4 Å². The summed E-state index contributed by atoms with van der Waals surface area (Å²) in [5.41, 5.74) is 1.68. The molecule has 0 aliphatic carbocycles. The maximum absolute atomic E-state index is 12.2. The predicted octanol–water partition coefficient (Wildman–Crippen LogP) is 6.43. The second-order valence-corrected chi connectivity index (χ2v) is 9.80. The van der Waals surface area contributed by atoms with E-state index in [9.17, 15) is 14.4 Å². The van der Waals surface area contributed by atoms with Crippen molar-refractivity contribution in [1.82, 2.24) is 0 Å². The summed E-state index contributed by atoms with van der Waals surface area (Å²) >= 11 is 8.06. The van der Waals surface area contributed by atoms with E-state index in [0.29, 0.717) is 34.1 Å². The molecule has 3 rings (SSSR count). The zero-order valence-electron chi connectivity index (χ0n) is 21.0. The van der Waals surface area contributed by atoms with Gasteiger partial charge in [-0.15, -0.1) is 11.8 Å². The molecule has 3 aromatic rings. The van der Waals surface area contributed by atoms with Crippen LogP contribution in [0, 0.1) is 13.8 Å². The molecule has 0 radical (unpaired) electrons. The molecule has 0 saturated heterocycles. The monoisotopic (exact) mass is 532 g/mol. The molecular weight excluding hydrogens is 504 g/mol. The van der Waals surface area contributed by atoms with Crippen LogP contribution in [0.25, 0.3) is 11.0 Å². The highest BCUT2D eigenvalue weighted by atomic mass is 35.5. The highest BCUT2D eigenvalue weighted by Gasteiger charge is 2.18. The van der Waals surface area contributed by atoms with Crippen LogP contribution >= 0.6 is 23.4 Å². The van der Waals surface area contributed by atoms with Gasteiger partial charge in [-0.3, -0.25) is 9.59 Å². The van der Waals surface area contributed by atoms with E-state index in [1.807, 2.05) is 13.0 Å². The van der Waals surface area contributed by atoms with Crippen LogP contribution in [-0.2, 0) is 16.0 Å². The van der Waals surface area contributed by atoms with Gasteiger partial charge in [0.15, 0.2) is 5.75 Å². The van der Waals surface area contributed by atoms with Gasteiger partial charge in [-0.1, -0.05) is 24.9 Å². The largest absolute Gasteiger partial charge is 0.493 e. The Balaban J connectivity index is 1.73. The lowest BCUT2D eigenvalue weighted by molar-refractivity contribution is -0.132. The minimum Gasteiger partial charge on any atom is -0.493 e. The topological polar surface area (TPSA) is 92.0 Å². The standard InChI is InChI=1S/C27H29ClO7S/c1-6-8-19-13-23-20(26(34-18(5)30)16(3)27(31)35-23)14-22(19)32-11-7-12-36-24-10-9-21(33-17(4)29)15(2)25(24)28/h9-10,13-14H,6-8,11-12H2,1-5H3. The zero-order chi connectivity index (χ0) is 26.4. The van der Waals surface area contributed by atoms with E-state index in [2.05, 4.69) is 6.92 Å². The number of halogens is 1. The predicted molar refractivity (Wildman–Crippen MR) is 141 cm³/mol. The molecule has 0 bridgehead atoms. The lowest BCUT2D eigenvalue weighted by Gasteiger charge is -2.15. The molecule has 0 N–H and O–H groups in total. The summed E-state index contributed by atoms with van der Waals surface area (Å²) in [5.74, 6) is 1.17. The third-order valence-corrected chi connectivity index (χ3v) is 7.12. The number of ether oxygens (including phenoxy) is 3. The van der Waals surface area contributed by atoms with E-state index in [1.54, 1.807) is 36.9 Å². The average molecular weight is 533 g/mol. The van der Waals surface area contributed by atoms with E-state index in [1.165, 1.54) is 13.8 Å². The van der Waals surface area contributed by atoms with Gasteiger partial charge in [-0.2, -0.15) is 0 Å². The van der Waals surface area contributed by atoms with Crippen molar-refractivity contribution >= 4 is 46.3 Å². The van der Waals surface area contributed by atoms with Gasteiger partial charge in [0.2, 0.25) is 0 Å². The molecule has 7 nitrogen and oxygen atoms in total. The summed E-state index contributed by atoms with van der Waals surface area (Å²) < 4.78 is 22.1. The first-order valence-electron chi connectivity index (χ1n) is 11.6. The lowest BCUT2D eigenvalue weighted by Crippen LogP contribution is -2.11. The Morgan fingerprint density at radius 3 is 2.42 bits per heavy atom. The summed E-state index contributed by atoms with van der Waals surface area (Å²) in [4.78, 5) is 36.0. The molecule has 0 unspecified atom stereocenters. The Bertz CT molecular complexity index is 1350. The van der Waals surface area contributed by atoms with Crippen molar-refractivity contribution in [2.45, 2.75) is 58.8 Å². The number of esters is 2. The molecule has 1 heterocycles. The summed E-state index contributed by atoms with van der Waals surface area (Å²) in [7, 11) is 0. The van der Waals surface area contributed by atoms with Crippen molar-refractivity contribution in [3.8, 4) is 17.2 Å². The third-order valence-electron chi connectivity index (χ3n) is 5.38. The minimum absolute atomic E-state index is 0.194. The van der Waals surface area contributed by atoms with Gasteiger partial charge >= 0.3 is 17.6 Å². The van der Waals surface area contributed by atoms with Crippen LogP contribution in [0.3, 0.4) is 0 Å². The van der Waals surface area contributed by atoms with Crippen molar-refractivity contribution in [2.24, 2.45) is 0 Å². The SMILES string of the molecule is CCCc1cc2oc(=O)c(C)c(OC(C)=O)c2cc1OCCCSc1ccc(OC(C)=O)c(C)c1Cl. The number of carbonyl (C=O) groups is 2. The number of benzene rings is 2. The highest BCUT2D eigenvalue weighted by molar-refractivity contribution is 7.99. The average Bonchev–Trinajstić information content (AvgIpc) is 2.81. The van der Waals surface area contributed by atoms with Gasteiger partial charge in [0, 0.05) is 30.1 Å². The first-order chi connectivity index (χ1) is 17.1. The maximum atomic E-state index is 12.2. The summed E-state index contributed by atoms with van der Waals surface area (Å²) in [6, 6.07) is 7.14. The molecule has 0 aliphatic heterocycles. The number of hydrogen-bond donors (Lipinski definition) is 0.